The minimum absolute atomic E-state index is 0.0262. The number of rotatable bonds is 8. The molecule has 3 rings (SSSR count). The number of benzene rings is 2. The number of anilines is 1. The van der Waals surface area contributed by atoms with Gasteiger partial charge in [-0.15, -0.1) is 0 Å². The van der Waals surface area contributed by atoms with Crippen LogP contribution in [0.5, 0.6) is 11.5 Å². The summed E-state index contributed by atoms with van der Waals surface area (Å²) < 4.78 is 32.1. The van der Waals surface area contributed by atoms with Crippen molar-refractivity contribution in [2.24, 2.45) is 5.10 Å². The quantitative estimate of drug-likeness (QED) is 0.409. The number of para-hydroxylation sites is 1. The highest BCUT2D eigenvalue weighted by Gasteiger charge is 2.27. The summed E-state index contributed by atoms with van der Waals surface area (Å²) in [4.78, 5) is 16.5. The van der Waals surface area contributed by atoms with Gasteiger partial charge in [0.1, 0.15) is 12.4 Å². The van der Waals surface area contributed by atoms with Gasteiger partial charge in [-0.1, -0.05) is 30.3 Å². The van der Waals surface area contributed by atoms with Crippen molar-refractivity contribution in [1.29, 1.82) is 0 Å². The molecule has 0 bridgehead atoms. The van der Waals surface area contributed by atoms with Crippen molar-refractivity contribution in [3.05, 3.63) is 78.5 Å². The van der Waals surface area contributed by atoms with Crippen LogP contribution in [-0.4, -0.2) is 44.3 Å². The van der Waals surface area contributed by atoms with Gasteiger partial charge in [0.2, 0.25) is 0 Å². The van der Waals surface area contributed by atoms with E-state index in [2.05, 4.69) is 15.5 Å². The van der Waals surface area contributed by atoms with Gasteiger partial charge in [-0.05, 0) is 36.4 Å². The number of hydrogen-bond acceptors (Lipinski definition) is 7. The number of nitrogens with one attached hydrogen (secondary N) is 1. The Balaban J connectivity index is 1.80. The van der Waals surface area contributed by atoms with Crippen LogP contribution in [-0.2, 0) is 14.8 Å². The van der Waals surface area contributed by atoms with Crippen molar-refractivity contribution >= 4 is 28.0 Å². The van der Waals surface area contributed by atoms with E-state index in [1.54, 1.807) is 48.5 Å². The standard InChI is InChI=1S/C21H20N4O5S/c1-30-18-11-7-8-16(21(18)27)14-23-24-20(26)15-25(19-12-5-6-13-22-19)31(28,29)17-9-3-2-4-10-17/h2-14,27H,15H2,1H3,(H,24,26)/b23-14+. The molecule has 31 heavy (non-hydrogen) atoms. The molecule has 0 unspecified atom stereocenters. The molecule has 0 aliphatic carbocycles. The van der Waals surface area contributed by atoms with Gasteiger partial charge in [-0.25, -0.2) is 23.1 Å². The highest BCUT2D eigenvalue weighted by atomic mass is 32.2. The zero-order chi connectivity index (χ0) is 22.3. The van der Waals surface area contributed by atoms with Crippen molar-refractivity contribution in [1.82, 2.24) is 10.4 Å². The highest BCUT2D eigenvalue weighted by Crippen LogP contribution is 2.28. The molecule has 0 radical (unpaired) electrons. The Morgan fingerprint density at radius 2 is 1.87 bits per heavy atom. The summed E-state index contributed by atoms with van der Waals surface area (Å²) in [6.07, 6.45) is 2.66. The summed E-state index contributed by atoms with van der Waals surface area (Å²) in [7, 11) is -2.63. The SMILES string of the molecule is COc1cccc(/C=N/NC(=O)CN(c2ccccn2)S(=O)(=O)c2ccccc2)c1O. The highest BCUT2D eigenvalue weighted by molar-refractivity contribution is 7.92. The molecule has 2 aromatic carbocycles. The molecule has 0 fully saturated rings. The number of pyridine rings is 1. The summed E-state index contributed by atoms with van der Waals surface area (Å²) in [5.41, 5.74) is 2.58. The number of phenols is 1. The number of phenolic OH excluding ortho intramolecular Hbond substituents is 1. The predicted octanol–water partition coefficient (Wildman–Crippen LogP) is 2.14. The van der Waals surface area contributed by atoms with E-state index in [0.717, 1.165) is 4.31 Å². The van der Waals surface area contributed by atoms with Crippen LogP contribution in [0, 0.1) is 0 Å². The molecule has 1 aromatic heterocycles. The van der Waals surface area contributed by atoms with Crippen LogP contribution in [0.15, 0.2) is 82.9 Å². The van der Waals surface area contributed by atoms with Crippen LogP contribution in [0.1, 0.15) is 5.56 Å². The van der Waals surface area contributed by atoms with Gasteiger partial charge in [-0.3, -0.25) is 4.79 Å². The predicted molar refractivity (Wildman–Crippen MR) is 116 cm³/mol. The molecule has 0 spiro atoms. The number of aromatic nitrogens is 1. The van der Waals surface area contributed by atoms with Crippen molar-refractivity contribution in [2.45, 2.75) is 4.90 Å². The lowest BCUT2D eigenvalue weighted by molar-refractivity contribution is -0.119. The van der Waals surface area contributed by atoms with E-state index >= 15 is 0 Å². The minimum Gasteiger partial charge on any atom is -0.504 e. The zero-order valence-electron chi connectivity index (χ0n) is 16.5. The molecule has 2 N–H and O–H groups in total. The molecule has 1 heterocycles. The number of carbonyl (C=O) groups excluding carboxylic acids is 1. The molecule has 0 aliphatic rings. The molecule has 0 atom stereocenters. The normalized spacial score (nSPS) is 11.3. The first kappa shape index (κ1) is 21.8. The van der Waals surface area contributed by atoms with Crippen molar-refractivity contribution in [2.75, 3.05) is 18.0 Å². The molecule has 3 aromatic rings. The van der Waals surface area contributed by atoms with Crippen LogP contribution in [0.3, 0.4) is 0 Å². The molecule has 0 saturated heterocycles. The Morgan fingerprint density at radius 3 is 2.55 bits per heavy atom. The third-order valence-electron chi connectivity index (χ3n) is 4.17. The van der Waals surface area contributed by atoms with E-state index < -0.39 is 22.5 Å². The zero-order valence-corrected chi connectivity index (χ0v) is 17.4. The smallest absolute Gasteiger partial charge is 0.265 e. The van der Waals surface area contributed by atoms with Gasteiger partial charge < -0.3 is 9.84 Å². The Hall–Kier alpha value is -3.92. The van der Waals surface area contributed by atoms with E-state index in [1.165, 1.54) is 37.7 Å². The third kappa shape index (κ3) is 5.17. The first-order valence-electron chi connectivity index (χ1n) is 9.10. The lowest BCUT2D eigenvalue weighted by Crippen LogP contribution is -2.40. The number of sulfonamides is 1. The lowest BCUT2D eigenvalue weighted by Gasteiger charge is -2.22. The summed E-state index contributed by atoms with van der Waals surface area (Å²) >= 11 is 0. The molecular formula is C21H20N4O5S. The minimum atomic E-state index is -4.04. The fourth-order valence-electron chi connectivity index (χ4n) is 2.66. The topological polar surface area (TPSA) is 121 Å². The Morgan fingerprint density at radius 1 is 1.13 bits per heavy atom. The van der Waals surface area contributed by atoms with Gasteiger partial charge >= 0.3 is 0 Å². The van der Waals surface area contributed by atoms with Gasteiger partial charge in [0, 0.05) is 11.8 Å². The van der Waals surface area contributed by atoms with E-state index in [4.69, 9.17) is 4.74 Å². The second-order valence-corrected chi connectivity index (χ2v) is 8.07. The molecule has 9 nitrogen and oxygen atoms in total. The molecule has 160 valence electrons. The van der Waals surface area contributed by atoms with Crippen LogP contribution >= 0.6 is 0 Å². The molecule has 10 heteroatoms. The van der Waals surface area contributed by atoms with Gasteiger partial charge in [-0.2, -0.15) is 5.10 Å². The van der Waals surface area contributed by atoms with Crippen LogP contribution in [0.2, 0.25) is 0 Å². The summed E-state index contributed by atoms with van der Waals surface area (Å²) in [5, 5.41) is 13.9. The summed E-state index contributed by atoms with van der Waals surface area (Å²) in [5.74, 6) is -0.477. The number of amides is 1. The van der Waals surface area contributed by atoms with E-state index in [-0.39, 0.29) is 22.2 Å². The van der Waals surface area contributed by atoms with Crippen LogP contribution in [0.4, 0.5) is 5.82 Å². The van der Waals surface area contributed by atoms with Crippen molar-refractivity contribution < 1.29 is 23.1 Å². The maximum atomic E-state index is 13.1. The maximum Gasteiger partial charge on any atom is 0.265 e. The fourth-order valence-corrected chi connectivity index (χ4v) is 4.05. The largest absolute Gasteiger partial charge is 0.504 e. The Bertz CT molecular complexity index is 1170. The van der Waals surface area contributed by atoms with Crippen molar-refractivity contribution in [3.63, 3.8) is 0 Å². The number of nitrogens with zero attached hydrogens (tertiary/aromatic N) is 3. The van der Waals surface area contributed by atoms with E-state index in [9.17, 15) is 18.3 Å². The van der Waals surface area contributed by atoms with E-state index in [1.807, 2.05) is 0 Å². The molecule has 0 aliphatic heterocycles. The molecular weight excluding hydrogens is 420 g/mol. The summed E-state index contributed by atoms with van der Waals surface area (Å²) in [6.45, 7) is -0.546. The number of hydrogen-bond donors (Lipinski definition) is 2. The molecule has 0 saturated carbocycles. The maximum absolute atomic E-state index is 13.1. The first-order valence-corrected chi connectivity index (χ1v) is 10.5. The molecule has 1 amide bonds. The average Bonchev–Trinajstić information content (AvgIpc) is 2.79. The van der Waals surface area contributed by atoms with Crippen molar-refractivity contribution in [3.8, 4) is 11.5 Å². The fraction of sp³-hybridized carbons (Fsp3) is 0.0952. The second kappa shape index (κ2) is 9.72. The third-order valence-corrected chi connectivity index (χ3v) is 5.93. The number of carbonyl (C=O) groups is 1. The van der Waals surface area contributed by atoms with E-state index in [0.29, 0.717) is 5.56 Å². The van der Waals surface area contributed by atoms with Crippen LogP contribution in [0.25, 0.3) is 0 Å². The number of aromatic hydroxyl groups is 1. The van der Waals surface area contributed by atoms with Gasteiger partial charge in [0.05, 0.1) is 18.2 Å². The first-order chi connectivity index (χ1) is 14.9. The monoisotopic (exact) mass is 440 g/mol. The summed E-state index contributed by atoms with van der Waals surface area (Å²) in [6, 6.07) is 17.3. The number of ether oxygens (including phenoxy) is 1. The van der Waals surface area contributed by atoms with Gasteiger partial charge in [0.25, 0.3) is 15.9 Å². The Labute approximate surface area is 179 Å². The average molecular weight is 440 g/mol. The lowest BCUT2D eigenvalue weighted by atomic mass is 10.2. The second-order valence-electron chi connectivity index (χ2n) is 6.20. The Kier molecular flexibility index (Phi) is 6.83. The van der Waals surface area contributed by atoms with Crippen LogP contribution < -0.4 is 14.5 Å². The number of hydrazone groups is 1. The number of methoxy groups -OCH3 is 1. The van der Waals surface area contributed by atoms with Gasteiger partial charge in [0.15, 0.2) is 11.5 Å².